The summed E-state index contributed by atoms with van der Waals surface area (Å²) in [5.74, 6) is -0.110. The molecule has 0 aliphatic carbocycles. The third-order valence-electron chi connectivity index (χ3n) is 1.60. The van der Waals surface area contributed by atoms with Gasteiger partial charge in [0.25, 0.3) is 0 Å². The number of hydrogen-bond donors (Lipinski definition) is 0. The van der Waals surface area contributed by atoms with Crippen LogP contribution in [0.2, 0.25) is 0 Å². The van der Waals surface area contributed by atoms with Crippen molar-refractivity contribution in [2.75, 3.05) is 19.6 Å². The molecule has 0 spiro atoms. The van der Waals surface area contributed by atoms with Crippen LogP contribution in [0.5, 0.6) is 0 Å². The van der Waals surface area contributed by atoms with E-state index in [0.29, 0.717) is 18.7 Å². The molecule has 0 aromatic carbocycles. The highest BCUT2D eigenvalue weighted by atomic mass is 35.5. The van der Waals surface area contributed by atoms with Gasteiger partial charge in [0, 0.05) is 13.3 Å². The SMILES string of the molecule is COCCn1cc(C(=O)CCl)cn1. The number of ketones is 1. The molecule has 0 saturated heterocycles. The molecule has 0 bridgehead atoms. The predicted octanol–water partition coefficient (Wildman–Crippen LogP) is 0.951. The standard InChI is InChI=1S/C8H11ClN2O2/c1-13-3-2-11-6-7(5-10-11)8(12)4-9/h5-6H,2-4H2,1H3. The van der Waals surface area contributed by atoms with Crippen LogP contribution >= 0.6 is 11.6 Å². The number of halogens is 1. The highest BCUT2D eigenvalue weighted by Gasteiger charge is 2.06. The van der Waals surface area contributed by atoms with Gasteiger partial charge in [-0.05, 0) is 0 Å². The van der Waals surface area contributed by atoms with Crippen molar-refractivity contribution in [2.24, 2.45) is 0 Å². The number of carbonyl (C=O) groups is 1. The molecular weight excluding hydrogens is 192 g/mol. The maximum absolute atomic E-state index is 11.1. The van der Waals surface area contributed by atoms with E-state index in [9.17, 15) is 4.79 Å². The Morgan fingerprint density at radius 1 is 1.77 bits per heavy atom. The van der Waals surface area contributed by atoms with Crippen LogP contribution in [0, 0.1) is 0 Å². The van der Waals surface area contributed by atoms with Crippen molar-refractivity contribution < 1.29 is 9.53 Å². The number of carbonyl (C=O) groups excluding carboxylic acids is 1. The van der Waals surface area contributed by atoms with Gasteiger partial charge in [0.05, 0.1) is 30.8 Å². The van der Waals surface area contributed by atoms with E-state index in [2.05, 4.69) is 5.10 Å². The summed E-state index contributed by atoms with van der Waals surface area (Å²) in [4.78, 5) is 11.1. The number of hydrogen-bond acceptors (Lipinski definition) is 3. The lowest BCUT2D eigenvalue weighted by Gasteiger charge is -1.97. The fourth-order valence-corrected chi connectivity index (χ4v) is 1.05. The van der Waals surface area contributed by atoms with Crippen LogP contribution in [0.1, 0.15) is 10.4 Å². The maximum Gasteiger partial charge on any atom is 0.180 e. The molecule has 0 atom stereocenters. The third kappa shape index (κ3) is 2.82. The number of methoxy groups -OCH3 is 1. The highest BCUT2D eigenvalue weighted by Crippen LogP contribution is 2.00. The van der Waals surface area contributed by atoms with E-state index in [1.807, 2.05) is 0 Å². The minimum atomic E-state index is -0.106. The first-order valence-electron chi connectivity index (χ1n) is 3.88. The van der Waals surface area contributed by atoms with Gasteiger partial charge in [0.1, 0.15) is 0 Å². The van der Waals surface area contributed by atoms with E-state index < -0.39 is 0 Å². The molecule has 0 N–H and O–H groups in total. The smallest absolute Gasteiger partial charge is 0.180 e. The van der Waals surface area contributed by atoms with Gasteiger partial charge in [-0.3, -0.25) is 9.48 Å². The summed E-state index contributed by atoms with van der Waals surface area (Å²) < 4.78 is 6.53. The van der Waals surface area contributed by atoms with Crippen LogP contribution in [0.15, 0.2) is 12.4 Å². The second-order valence-electron chi connectivity index (χ2n) is 2.54. The Labute approximate surface area is 81.4 Å². The lowest BCUT2D eigenvalue weighted by Crippen LogP contribution is -2.04. The second kappa shape index (κ2) is 4.99. The summed E-state index contributed by atoms with van der Waals surface area (Å²) in [5.41, 5.74) is 0.547. The average molecular weight is 203 g/mol. The predicted molar refractivity (Wildman–Crippen MR) is 49.2 cm³/mol. The van der Waals surface area contributed by atoms with Crippen LogP contribution in [0.4, 0.5) is 0 Å². The Kier molecular flexibility index (Phi) is 3.92. The topological polar surface area (TPSA) is 44.1 Å². The van der Waals surface area contributed by atoms with Crippen molar-refractivity contribution in [3.05, 3.63) is 18.0 Å². The van der Waals surface area contributed by atoms with Crippen molar-refractivity contribution >= 4 is 17.4 Å². The van der Waals surface area contributed by atoms with Gasteiger partial charge in [0.2, 0.25) is 0 Å². The molecule has 0 radical (unpaired) electrons. The zero-order valence-corrected chi connectivity index (χ0v) is 8.12. The highest BCUT2D eigenvalue weighted by molar-refractivity contribution is 6.30. The lowest BCUT2D eigenvalue weighted by molar-refractivity contribution is 0.102. The van der Waals surface area contributed by atoms with Gasteiger partial charge < -0.3 is 4.74 Å². The first kappa shape index (κ1) is 10.2. The Morgan fingerprint density at radius 2 is 2.54 bits per heavy atom. The number of alkyl halides is 1. The molecule has 1 heterocycles. The molecule has 0 unspecified atom stereocenters. The monoisotopic (exact) mass is 202 g/mol. The minimum Gasteiger partial charge on any atom is -0.383 e. The molecular formula is C8H11ClN2O2. The normalized spacial score (nSPS) is 10.3. The van der Waals surface area contributed by atoms with Gasteiger partial charge in [-0.15, -0.1) is 11.6 Å². The number of aromatic nitrogens is 2. The van der Waals surface area contributed by atoms with E-state index in [-0.39, 0.29) is 11.7 Å². The molecule has 0 aliphatic heterocycles. The fraction of sp³-hybridized carbons (Fsp3) is 0.500. The first-order valence-corrected chi connectivity index (χ1v) is 4.42. The summed E-state index contributed by atoms with van der Waals surface area (Å²) in [6.07, 6.45) is 3.18. The van der Waals surface area contributed by atoms with Crippen molar-refractivity contribution in [1.82, 2.24) is 9.78 Å². The maximum atomic E-state index is 11.1. The van der Waals surface area contributed by atoms with E-state index >= 15 is 0 Å². The molecule has 5 heteroatoms. The molecule has 0 fully saturated rings. The van der Waals surface area contributed by atoms with Crippen molar-refractivity contribution in [1.29, 1.82) is 0 Å². The molecule has 1 aromatic heterocycles. The van der Waals surface area contributed by atoms with Crippen LogP contribution in [0.25, 0.3) is 0 Å². The second-order valence-corrected chi connectivity index (χ2v) is 2.81. The minimum absolute atomic E-state index is 0.00400. The molecule has 4 nitrogen and oxygen atoms in total. The summed E-state index contributed by atoms with van der Waals surface area (Å²) >= 11 is 5.39. The molecule has 1 aromatic rings. The first-order chi connectivity index (χ1) is 6.27. The molecule has 13 heavy (non-hydrogen) atoms. The molecule has 0 amide bonds. The Bertz CT molecular complexity index is 285. The zero-order chi connectivity index (χ0) is 9.68. The molecule has 0 aliphatic rings. The van der Waals surface area contributed by atoms with Crippen molar-refractivity contribution in [3.8, 4) is 0 Å². The summed E-state index contributed by atoms with van der Waals surface area (Å²) in [5, 5.41) is 3.98. The van der Waals surface area contributed by atoms with Crippen LogP contribution in [-0.2, 0) is 11.3 Å². The number of ether oxygens (including phenoxy) is 1. The molecule has 72 valence electrons. The average Bonchev–Trinajstić information content (AvgIpc) is 2.62. The van der Waals surface area contributed by atoms with E-state index in [1.54, 1.807) is 18.0 Å². The summed E-state index contributed by atoms with van der Waals surface area (Å²) in [6, 6.07) is 0. The quantitative estimate of drug-likeness (QED) is 0.528. The van der Waals surface area contributed by atoms with E-state index in [4.69, 9.17) is 16.3 Å². The molecule has 1 rings (SSSR count). The van der Waals surface area contributed by atoms with Crippen LogP contribution < -0.4 is 0 Å². The Morgan fingerprint density at radius 3 is 3.15 bits per heavy atom. The number of rotatable bonds is 5. The third-order valence-corrected chi connectivity index (χ3v) is 1.84. The fourth-order valence-electron chi connectivity index (χ4n) is 0.892. The van der Waals surface area contributed by atoms with Crippen LogP contribution in [-0.4, -0.2) is 35.2 Å². The zero-order valence-electron chi connectivity index (χ0n) is 7.36. The van der Waals surface area contributed by atoms with Gasteiger partial charge in [0.15, 0.2) is 5.78 Å². The van der Waals surface area contributed by atoms with Gasteiger partial charge >= 0.3 is 0 Å². The van der Waals surface area contributed by atoms with E-state index in [0.717, 1.165) is 0 Å². The lowest BCUT2D eigenvalue weighted by atomic mass is 10.3. The van der Waals surface area contributed by atoms with E-state index in [1.165, 1.54) is 6.20 Å². The van der Waals surface area contributed by atoms with Crippen LogP contribution in [0.3, 0.4) is 0 Å². The Balaban J connectivity index is 2.58. The molecule has 0 saturated carbocycles. The number of Topliss-reactive ketones (excluding diaryl/α,β-unsaturated/α-hetero) is 1. The summed E-state index contributed by atoms with van der Waals surface area (Å²) in [7, 11) is 1.62. The summed E-state index contributed by atoms with van der Waals surface area (Å²) in [6.45, 7) is 1.22. The van der Waals surface area contributed by atoms with Gasteiger partial charge in [-0.2, -0.15) is 5.10 Å². The van der Waals surface area contributed by atoms with Gasteiger partial charge in [-0.1, -0.05) is 0 Å². The van der Waals surface area contributed by atoms with Crippen molar-refractivity contribution in [2.45, 2.75) is 6.54 Å². The number of nitrogens with zero attached hydrogens (tertiary/aromatic N) is 2. The van der Waals surface area contributed by atoms with Crippen molar-refractivity contribution in [3.63, 3.8) is 0 Å². The van der Waals surface area contributed by atoms with Gasteiger partial charge in [-0.25, -0.2) is 0 Å². The Hall–Kier alpha value is -0.870. The largest absolute Gasteiger partial charge is 0.383 e.